The highest BCUT2D eigenvalue weighted by Gasteiger charge is 2.23. The summed E-state index contributed by atoms with van der Waals surface area (Å²) in [7, 11) is 0. The number of likely N-dealkylation sites (tertiary alicyclic amines) is 2. The minimum Gasteiger partial charge on any atom is -0.379 e. The number of carbonyl (C=O) groups is 1. The fourth-order valence-electron chi connectivity index (χ4n) is 5.88. The third-order valence-electron chi connectivity index (χ3n) is 8.24. The lowest BCUT2D eigenvalue weighted by atomic mass is 10.0. The number of anilines is 2. The number of amides is 1. The molecular formula is C29H41N9O2. The Balaban J connectivity index is 1.13. The van der Waals surface area contributed by atoms with Gasteiger partial charge in [0, 0.05) is 77.9 Å². The number of morpholine rings is 1. The first-order chi connectivity index (χ1) is 19.7. The van der Waals surface area contributed by atoms with Crippen LogP contribution in [0.4, 0.5) is 11.8 Å². The molecule has 0 spiro atoms. The quantitative estimate of drug-likeness (QED) is 0.374. The third kappa shape index (κ3) is 6.71. The van der Waals surface area contributed by atoms with Crippen molar-refractivity contribution in [1.82, 2.24) is 34.2 Å². The largest absolute Gasteiger partial charge is 0.379 e. The summed E-state index contributed by atoms with van der Waals surface area (Å²) in [5, 5.41) is 7.18. The van der Waals surface area contributed by atoms with E-state index in [0.717, 1.165) is 102 Å². The van der Waals surface area contributed by atoms with Crippen LogP contribution >= 0.6 is 0 Å². The molecule has 40 heavy (non-hydrogen) atoms. The lowest BCUT2D eigenvalue weighted by Crippen LogP contribution is -2.39. The highest BCUT2D eigenvalue weighted by Crippen LogP contribution is 2.23. The van der Waals surface area contributed by atoms with Crippen LogP contribution in [0, 0.1) is 0 Å². The average Bonchev–Trinajstić information content (AvgIpc) is 3.59. The van der Waals surface area contributed by atoms with Crippen LogP contribution in [0.1, 0.15) is 31.2 Å². The summed E-state index contributed by atoms with van der Waals surface area (Å²) in [4.78, 5) is 33.5. The van der Waals surface area contributed by atoms with Gasteiger partial charge in [0.15, 0.2) is 17.0 Å². The van der Waals surface area contributed by atoms with E-state index in [9.17, 15) is 4.79 Å². The fraction of sp³-hybridized carbons (Fsp3) is 0.586. The van der Waals surface area contributed by atoms with Gasteiger partial charge in [-0.15, -0.1) is 0 Å². The summed E-state index contributed by atoms with van der Waals surface area (Å²) >= 11 is 0. The molecule has 0 bridgehead atoms. The molecule has 3 aliphatic rings. The highest BCUT2D eigenvalue weighted by atomic mass is 16.5. The Morgan fingerprint density at radius 2 is 1.75 bits per heavy atom. The van der Waals surface area contributed by atoms with Crippen LogP contribution < -0.4 is 10.6 Å². The predicted octanol–water partition coefficient (Wildman–Crippen LogP) is 2.27. The lowest BCUT2D eigenvalue weighted by Gasteiger charge is -2.32. The maximum Gasteiger partial charge on any atom is 0.227 e. The summed E-state index contributed by atoms with van der Waals surface area (Å²) in [6.07, 6.45) is 5.52. The van der Waals surface area contributed by atoms with Crippen molar-refractivity contribution in [2.45, 2.75) is 44.8 Å². The number of ether oxygens (including phenoxy) is 1. The maximum atomic E-state index is 12.1. The van der Waals surface area contributed by atoms with E-state index in [1.807, 2.05) is 11.2 Å². The molecule has 11 heteroatoms. The first-order valence-electron chi connectivity index (χ1n) is 14.8. The molecule has 3 saturated heterocycles. The molecule has 0 saturated carbocycles. The van der Waals surface area contributed by atoms with Crippen LogP contribution in [0.5, 0.6) is 0 Å². The molecule has 2 N–H and O–H groups in total. The molecule has 1 aromatic carbocycles. The van der Waals surface area contributed by atoms with E-state index in [0.29, 0.717) is 31.5 Å². The third-order valence-corrected chi connectivity index (χ3v) is 8.24. The summed E-state index contributed by atoms with van der Waals surface area (Å²) in [6, 6.07) is 11.0. The van der Waals surface area contributed by atoms with Crippen LogP contribution in [0.2, 0.25) is 0 Å². The number of fused-ring (bicyclic) bond motifs is 1. The highest BCUT2D eigenvalue weighted by molar-refractivity contribution is 5.84. The zero-order valence-corrected chi connectivity index (χ0v) is 23.3. The SMILES string of the molecule is O=C1CCCN1CCn1cnc2c(NCCN3CCOCC3)nc(NC3CCN(Cc4ccccc4)CC3)nc21. The number of nitrogens with one attached hydrogen (secondary N) is 2. The van der Waals surface area contributed by atoms with Crippen LogP contribution in [0.25, 0.3) is 11.2 Å². The van der Waals surface area contributed by atoms with Gasteiger partial charge in [-0.3, -0.25) is 14.6 Å². The molecule has 0 unspecified atom stereocenters. The number of hydrogen-bond donors (Lipinski definition) is 2. The van der Waals surface area contributed by atoms with Gasteiger partial charge >= 0.3 is 0 Å². The van der Waals surface area contributed by atoms with Crippen LogP contribution in [-0.4, -0.2) is 112 Å². The zero-order valence-electron chi connectivity index (χ0n) is 23.3. The van der Waals surface area contributed by atoms with Gasteiger partial charge in [-0.25, -0.2) is 4.98 Å². The van der Waals surface area contributed by atoms with Crippen molar-refractivity contribution in [3.05, 3.63) is 42.2 Å². The molecule has 0 radical (unpaired) electrons. The number of nitrogens with zero attached hydrogens (tertiary/aromatic N) is 7. The van der Waals surface area contributed by atoms with E-state index in [-0.39, 0.29) is 5.91 Å². The monoisotopic (exact) mass is 547 g/mol. The Hall–Kier alpha value is -3.28. The number of imidazole rings is 1. The number of hydrogen-bond acceptors (Lipinski definition) is 9. The molecule has 3 aliphatic heterocycles. The lowest BCUT2D eigenvalue weighted by molar-refractivity contribution is -0.127. The molecular weight excluding hydrogens is 506 g/mol. The van der Waals surface area contributed by atoms with Crippen molar-refractivity contribution in [2.75, 3.05) is 76.2 Å². The van der Waals surface area contributed by atoms with Crippen molar-refractivity contribution >= 4 is 28.8 Å². The Morgan fingerprint density at radius 3 is 2.52 bits per heavy atom. The standard InChI is InChI=1S/C29H41N9O2/c39-25-7-4-11-37(25)15-16-38-22-31-26-27(30-10-14-35-17-19-40-20-18-35)33-29(34-28(26)38)32-24-8-12-36(13-9-24)21-23-5-2-1-3-6-23/h1-3,5-6,22,24H,4,7-21H2,(H2,30,32,33,34). The summed E-state index contributed by atoms with van der Waals surface area (Å²) in [5.41, 5.74) is 2.94. The number of piperidine rings is 1. The normalized spacial score (nSPS) is 19.5. The molecule has 0 atom stereocenters. The van der Waals surface area contributed by atoms with E-state index < -0.39 is 0 Å². The van der Waals surface area contributed by atoms with Gasteiger partial charge in [0.25, 0.3) is 0 Å². The zero-order chi connectivity index (χ0) is 27.1. The topological polar surface area (TPSA) is 104 Å². The van der Waals surface area contributed by atoms with E-state index in [2.05, 4.69) is 60.3 Å². The smallest absolute Gasteiger partial charge is 0.227 e. The molecule has 3 fully saturated rings. The molecule has 6 rings (SSSR count). The van der Waals surface area contributed by atoms with E-state index in [4.69, 9.17) is 14.7 Å². The van der Waals surface area contributed by atoms with E-state index in [1.165, 1.54) is 5.56 Å². The van der Waals surface area contributed by atoms with Crippen LogP contribution in [0.3, 0.4) is 0 Å². The Kier molecular flexibility index (Phi) is 8.70. The second kappa shape index (κ2) is 12.9. The van der Waals surface area contributed by atoms with Gasteiger partial charge < -0.3 is 24.8 Å². The molecule has 11 nitrogen and oxygen atoms in total. The predicted molar refractivity (Wildman–Crippen MR) is 155 cm³/mol. The second-order valence-electron chi connectivity index (χ2n) is 11.1. The Morgan fingerprint density at radius 1 is 0.925 bits per heavy atom. The molecule has 0 aliphatic carbocycles. The molecule has 3 aromatic rings. The summed E-state index contributed by atoms with van der Waals surface area (Å²) in [6.45, 7) is 10.5. The minimum atomic E-state index is 0.241. The average molecular weight is 548 g/mol. The number of rotatable bonds is 11. The van der Waals surface area contributed by atoms with Crippen LogP contribution in [-0.2, 0) is 22.6 Å². The van der Waals surface area contributed by atoms with Crippen LogP contribution in [0.15, 0.2) is 36.7 Å². The number of benzene rings is 1. The van der Waals surface area contributed by atoms with Gasteiger partial charge in [-0.05, 0) is 24.8 Å². The molecule has 5 heterocycles. The van der Waals surface area contributed by atoms with Gasteiger partial charge in [0.1, 0.15) is 0 Å². The number of carbonyl (C=O) groups excluding carboxylic acids is 1. The summed E-state index contributed by atoms with van der Waals surface area (Å²) in [5.74, 6) is 1.64. The molecule has 1 amide bonds. The van der Waals surface area contributed by atoms with Gasteiger partial charge in [0.05, 0.1) is 19.5 Å². The van der Waals surface area contributed by atoms with Crippen molar-refractivity contribution in [1.29, 1.82) is 0 Å². The van der Waals surface area contributed by atoms with E-state index in [1.54, 1.807) is 0 Å². The number of aromatic nitrogens is 4. The first kappa shape index (κ1) is 26.9. The van der Waals surface area contributed by atoms with Crippen molar-refractivity contribution < 1.29 is 9.53 Å². The molecule has 214 valence electrons. The second-order valence-corrected chi connectivity index (χ2v) is 11.1. The Bertz CT molecular complexity index is 1250. The maximum absolute atomic E-state index is 12.1. The minimum absolute atomic E-state index is 0.241. The first-order valence-corrected chi connectivity index (χ1v) is 14.8. The molecule has 2 aromatic heterocycles. The summed E-state index contributed by atoms with van der Waals surface area (Å²) < 4.78 is 7.54. The van der Waals surface area contributed by atoms with Gasteiger partial charge in [0.2, 0.25) is 11.9 Å². The van der Waals surface area contributed by atoms with Crippen molar-refractivity contribution in [2.24, 2.45) is 0 Å². The van der Waals surface area contributed by atoms with E-state index >= 15 is 0 Å². The van der Waals surface area contributed by atoms with Crippen molar-refractivity contribution in [3.8, 4) is 0 Å². The van der Waals surface area contributed by atoms with Gasteiger partial charge in [-0.1, -0.05) is 30.3 Å². The fourth-order valence-corrected chi connectivity index (χ4v) is 5.88. The van der Waals surface area contributed by atoms with Gasteiger partial charge in [-0.2, -0.15) is 9.97 Å². The van der Waals surface area contributed by atoms with Crippen molar-refractivity contribution in [3.63, 3.8) is 0 Å². The Labute approximate surface area is 235 Å².